The highest BCUT2D eigenvalue weighted by Crippen LogP contribution is 2.21. The number of methoxy groups -OCH3 is 1. The van der Waals surface area contributed by atoms with E-state index in [1.807, 2.05) is 54.6 Å². The summed E-state index contributed by atoms with van der Waals surface area (Å²) < 4.78 is 10.7. The van der Waals surface area contributed by atoms with Crippen molar-refractivity contribution in [3.05, 3.63) is 66.0 Å². The third kappa shape index (κ3) is 4.43. The first-order valence-electron chi connectivity index (χ1n) is 8.13. The number of aliphatic hydroxyl groups is 1. The smallest absolute Gasteiger partial charge is 0.257 e. The largest absolute Gasteiger partial charge is 0.496 e. The molecule has 0 atom stereocenters. The predicted octanol–water partition coefficient (Wildman–Crippen LogP) is 2.74. The number of nitrogens with zero attached hydrogens (tertiary/aromatic N) is 3. The quantitative estimate of drug-likeness (QED) is 0.680. The number of aromatic nitrogens is 2. The number of ether oxygens (including phenoxy) is 1. The molecule has 0 saturated carbocycles. The predicted molar refractivity (Wildman–Crippen MR) is 93.9 cm³/mol. The maximum absolute atomic E-state index is 9.37. The number of aliphatic hydroxyl groups excluding tert-OH is 1. The molecule has 0 fully saturated rings. The van der Waals surface area contributed by atoms with Crippen LogP contribution in [-0.4, -0.2) is 40.4 Å². The fourth-order valence-corrected chi connectivity index (χ4v) is 2.65. The molecule has 0 aliphatic rings. The maximum Gasteiger partial charge on any atom is 0.257 e. The molecular weight excluding hydrogens is 318 g/mol. The summed E-state index contributed by atoms with van der Waals surface area (Å²) in [5.41, 5.74) is 1.94. The zero-order chi connectivity index (χ0) is 17.5. The van der Waals surface area contributed by atoms with Crippen LogP contribution >= 0.6 is 0 Å². The Morgan fingerprint density at radius 2 is 1.80 bits per heavy atom. The minimum atomic E-state index is 0.0541. The minimum absolute atomic E-state index is 0.0541. The van der Waals surface area contributed by atoms with Gasteiger partial charge in [-0.2, -0.15) is 4.98 Å². The van der Waals surface area contributed by atoms with Crippen LogP contribution in [0.4, 0.5) is 0 Å². The van der Waals surface area contributed by atoms with Gasteiger partial charge in [0.15, 0.2) is 5.82 Å². The fourth-order valence-electron chi connectivity index (χ4n) is 2.65. The molecule has 0 spiro atoms. The van der Waals surface area contributed by atoms with Crippen LogP contribution in [0, 0.1) is 0 Å². The monoisotopic (exact) mass is 339 g/mol. The van der Waals surface area contributed by atoms with Gasteiger partial charge in [-0.15, -0.1) is 0 Å². The van der Waals surface area contributed by atoms with Crippen LogP contribution in [0.1, 0.15) is 11.4 Å². The van der Waals surface area contributed by atoms with E-state index in [1.54, 1.807) is 7.11 Å². The molecule has 1 heterocycles. The lowest BCUT2D eigenvalue weighted by molar-refractivity contribution is 0.178. The lowest BCUT2D eigenvalue weighted by Crippen LogP contribution is -2.26. The summed E-state index contributed by atoms with van der Waals surface area (Å²) in [4.78, 5) is 6.51. The van der Waals surface area contributed by atoms with Crippen LogP contribution in [0.5, 0.6) is 5.75 Å². The van der Waals surface area contributed by atoms with Gasteiger partial charge < -0.3 is 14.4 Å². The molecule has 0 amide bonds. The van der Waals surface area contributed by atoms with E-state index in [0.29, 0.717) is 31.3 Å². The molecule has 0 unspecified atom stereocenters. The van der Waals surface area contributed by atoms with Crippen LogP contribution < -0.4 is 4.74 Å². The molecule has 130 valence electrons. The van der Waals surface area contributed by atoms with Crippen LogP contribution in [0.2, 0.25) is 0 Å². The van der Waals surface area contributed by atoms with Gasteiger partial charge in [-0.25, -0.2) is 0 Å². The van der Waals surface area contributed by atoms with Crippen molar-refractivity contribution in [1.82, 2.24) is 15.0 Å². The Labute approximate surface area is 146 Å². The van der Waals surface area contributed by atoms with E-state index in [1.165, 1.54) is 0 Å². The average Bonchev–Trinajstić information content (AvgIpc) is 3.11. The summed E-state index contributed by atoms with van der Waals surface area (Å²) in [5, 5.41) is 13.4. The lowest BCUT2D eigenvalue weighted by atomic mass is 10.2. The summed E-state index contributed by atoms with van der Waals surface area (Å²) in [7, 11) is 1.65. The summed E-state index contributed by atoms with van der Waals surface area (Å²) in [5.74, 6) is 1.91. The number of rotatable bonds is 8. The van der Waals surface area contributed by atoms with Gasteiger partial charge in [0, 0.05) is 24.2 Å². The molecule has 0 aliphatic heterocycles. The van der Waals surface area contributed by atoms with Crippen molar-refractivity contribution in [1.29, 1.82) is 0 Å². The summed E-state index contributed by atoms with van der Waals surface area (Å²) >= 11 is 0. The molecule has 0 aliphatic carbocycles. The molecule has 2 aromatic carbocycles. The van der Waals surface area contributed by atoms with Crippen molar-refractivity contribution in [2.75, 3.05) is 20.3 Å². The second kappa shape index (κ2) is 8.41. The van der Waals surface area contributed by atoms with Crippen molar-refractivity contribution in [2.45, 2.75) is 13.1 Å². The van der Waals surface area contributed by atoms with Gasteiger partial charge in [0.2, 0.25) is 0 Å². The van der Waals surface area contributed by atoms with Gasteiger partial charge in [0.1, 0.15) is 5.75 Å². The molecule has 0 saturated heterocycles. The standard InChI is InChI=1S/C19H21N3O3/c1-24-17-10-6-5-9-16(17)13-22(11-12-23)14-18-20-19(25-21-18)15-7-3-2-4-8-15/h2-10,23H,11-14H2,1H3. The first kappa shape index (κ1) is 17.1. The van der Waals surface area contributed by atoms with E-state index in [4.69, 9.17) is 9.26 Å². The fraction of sp³-hybridized carbons (Fsp3) is 0.263. The van der Waals surface area contributed by atoms with E-state index in [-0.39, 0.29) is 6.61 Å². The third-order valence-corrected chi connectivity index (χ3v) is 3.86. The Balaban J connectivity index is 1.73. The van der Waals surface area contributed by atoms with Crippen molar-refractivity contribution in [3.8, 4) is 17.2 Å². The Kier molecular flexibility index (Phi) is 5.77. The molecule has 1 N–H and O–H groups in total. The van der Waals surface area contributed by atoms with Crippen LogP contribution in [-0.2, 0) is 13.1 Å². The molecule has 0 bridgehead atoms. The second-order valence-corrected chi connectivity index (χ2v) is 5.63. The average molecular weight is 339 g/mol. The first-order valence-corrected chi connectivity index (χ1v) is 8.13. The Hall–Kier alpha value is -2.70. The topological polar surface area (TPSA) is 71.6 Å². The highest BCUT2D eigenvalue weighted by atomic mass is 16.5. The zero-order valence-corrected chi connectivity index (χ0v) is 14.1. The van der Waals surface area contributed by atoms with E-state index in [2.05, 4.69) is 15.0 Å². The van der Waals surface area contributed by atoms with Gasteiger partial charge in [-0.3, -0.25) is 4.90 Å². The third-order valence-electron chi connectivity index (χ3n) is 3.86. The Morgan fingerprint density at radius 1 is 1.04 bits per heavy atom. The lowest BCUT2D eigenvalue weighted by Gasteiger charge is -2.20. The molecule has 3 aromatic rings. The molecular formula is C19H21N3O3. The highest BCUT2D eigenvalue weighted by Gasteiger charge is 2.14. The van der Waals surface area contributed by atoms with Crippen LogP contribution in [0.15, 0.2) is 59.1 Å². The number of hydrogen-bond acceptors (Lipinski definition) is 6. The minimum Gasteiger partial charge on any atom is -0.496 e. The van der Waals surface area contributed by atoms with E-state index in [9.17, 15) is 5.11 Å². The molecule has 25 heavy (non-hydrogen) atoms. The number of benzene rings is 2. The van der Waals surface area contributed by atoms with E-state index in [0.717, 1.165) is 16.9 Å². The highest BCUT2D eigenvalue weighted by molar-refractivity contribution is 5.51. The normalized spacial score (nSPS) is 11.0. The summed E-state index contributed by atoms with van der Waals surface area (Å²) in [6, 6.07) is 17.5. The zero-order valence-electron chi connectivity index (χ0n) is 14.1. The van der Waals surface area contributed by atoms with Gasteiger partial charge >= 0.3 is 0 Å². The maximum atomic E-state index is 9.37. The van der Waals surface area contributed by atoms with Gasteiger partial charge in [0.25, 0.3) is 5.89 Å². The van der Waals surface area contributed by atoms with Gasteiger partial charge in [-0.05, 0) is 18.2 Å². The van der Waals surface area contributed by atoms with Crippen molar-refractivity contribution < 1.29 is 14.4 Å². The first-order chi connectivity index (χ1) is 12.3. The molecule has 1 aromatic heterocycles. The van der Waals surface area contributed by atoms with Crippen molar-refractivity contribution in [3.63, 3.8) is 0 Å². The van der Waals surface area contributed by atoms with Crippen molar-refractivity contribution in [2.24, 2.45) is 0 Å². The second-order valence-electron chi connectivity index (χ2n) is 5.63. The summed E-state index contributed by atoms with van der Waals surface area (Å²) in [6.45, 7) is 1.67. The van der Waals surface area contributed by atoms with E-state index < -0.39 is 0 Å². The van der Waals surface area contributed by atoms with Gasteiger partial charge in [0.05, 0.1) is 20.3 Å². The number of hydrogen-bond donors (Lipinski definition) is 1. The Morgan fingerprint density at radius 3 is 2.56 bits per heavy atom. The number of para-hydroxylation sites is 1. The van der Waals surface area contributed by atoms with Gasteiger partial charge in [-0.1, -0.05) is 41.6 Å². The van der Waals surface area contributed by atoms with Crippen LogP contribution in [0.25, 0.3) is 11.5 Å². The van der Waals surface area contributed by atoms with Crippen LogP contribution in [0.3, 0.4) is 0 Å². The van der Waals surface area contributed by atoms with Crippen molar-refractivity contribution >= 4 is 0 Å². The molecule has 6 heteroatoms. The molecule has 6 nitrogen and oxygen atoms in total. The molecule has 0 radical (unpaired) electrons. The summed E-state index contributed by atoms with van der Waals surface area (Å²) in [6.07, 6.45) is 0. The Bertz CT molecular complexity index is 789. The molecule has 3 rings (SSSR count). The SMILES string of the molecule is COc1ccccc1CN(CCO)Cc1noc(-c2ccccc2)n1. The van der Waals surface area contributed by atoms with E-state index >= 15 is 0 Å².